The topological polar surface area (TPSA) is 29.5 Å². The van der Waals surface area contributed by atoms with Crippen LogP contribution < -0.4 is 0 Å². The van der Waals surface area contributed by atoms with Crippen LogP contribution >= 0.6 is 11.8 Å². The zero-order valence-electron chi connectivity index (χ0n) is 12.0. The van der Waals surface area contributed by atoms with E-state index in [0.29, 0.717) is 31.3 Å². The molecule has 0 aromatic carbocycles. The minimum absolute atomic E-state index is 0.165. The van der Waals surface area contributed by atoms with Gasteiger partial charge in [-0.1, -0.05) is 12.8 Å². The molecule has 1 saturated carbocycles. The van der Waals surface area contributed by atoms with E-state index in [4.69, 9.17) is 4.74 Å². The van der Waals surface area contributed by atoms with Crippen LogP contribution in [0.25, 0.3) is 0 Å². The Labute approximate surface area is 127 Å². The predicted octanol–water partition coefficient (Wildman–Crippen LogP) is 3.23. The van der Waals surface area contributed by atoms with Crippen molar-refractivity contribution in [2.45, 2.75) is 56.0 Å². The van der Waals surface area contributed by atoms with Gasteiger partial charge in [0, 0.05) is 24.5 Å². The summed E-state index contributed by atoms with van der Waals surface area (Å²) in [5, 5.41) is 0.441. The fourth-order valence-electron chi connectivity index (χ4n) is 2.94. The van der Waals surface area contributed by atoms with E-state index in [0.717, 1.165) is 30.6 Å². The zero-order chi connectivity index (χ0) is 15.3. The molecule has 21 heavy (non-hydrogen) atoms. The van der Waals surface area contributed by atoms with Crippen molar-refractivity contribution in [2.75, 3.05) is 25.5 Å². The van der Waals surface area contributed by atoms with E-state index in [2.05, 4.69) is 0 Å². The Hall–Kier alpha value is -0.430. The van der Waals surface area contributed by atoms with E-state index in [1.807, 2.05) is 0 Å². The Morgan fingerprint density at radius 1 is 1.14 bits per heavy atom. The summed E-state index contributed by atoms with van der Waals surface area (Å²) in [7, 11) is 0. The summed E-state index contributed by atoms with van der Waals surface area (Å²) in [6.45, 7) is -0.272. The lowest BCUT2D eigenvalue weighted by Crippen LogP contribution is -2.48. The van der Waals surface area contributed by atoms with Crippen LogP contribution in [0.3, 0.4) is 0 Å². The molecule has 1 amide bonds. The third kappa shape index (κ3) is 5.70. The van der Waals surface area contributed by atoms with Gasteiger partial charge in [0.2, 0.25) is 5.91 Å². The van der Waals surface area contributed by atoms with Crippen molar-refractivity contribution in [1.29, 1.82) is 0 Å². The predicted molar refractivity (Wildman–Crippen MR) is 76.3 cm³/mol. The smallest absolute Gasteiger partial charge is 0.381 e. The van der Waals surface area contributed by atoms with Gasteiger partial charge in [-0.15, -0.1) is 11.8 Å². The highest BCUT2D eigenvalue weighted by Crippen LogP contribution is 2.30. The molecule has 0 aromatic heterocycles. The number of carbonyl (C=O) groups is 1. The minimum Gasteiger partial charge on any atom is -0.381 e. The molecule has 0 radical (unpaired) electrons. The fourth-order valence-corrected chi connectivity index (χ4v) is 4.15. The van der Waals surface area contributed by atoms with Gasteiger partial charge in [0.1, 0.15) is 6.54 Å². The molecule has 0 atom stereocenters. The van der Waals surface area contributed by atoms with Gasteiger partial charge in [-0.3, -0.25) is 4.79 Å². The van der Waals surface area contributed by atoms with E-state index in [9.17, 15) is 18.0 Å². The third-order valence-corrected chi connectivity index (χ3v) is 5.40. The van der Waals surface area contributed by atoms with E-state index in [-0.39, 0.29) is 17.7 Å². The first kappa shape index (κ1) is 16.9. The van der Waals surface area contributed by atoms with Crippen molar-refractivity contribution in [3.63, 3.8) is 0 Å². The second-order valence-electron chi connectivity index (χ2n) is 5.70. The molecule has 1 aliphatic carbocycles. The molecule has 1 saturated heterocycles. The maximum absolute atomic E-state index is 12.7. The number of hydrogen-bond acceptors (Lipinski definition) is 3. The van der Waals surface area contributed by atoms with Crippen LogP contribution in [0.1, 0.15) is 38.5 Å². The standard InChI is InChI=1S/C14H22F3NO2S/c15-14(16,17)10-18(11-5-7-20-8-6-11)13(19)9-21-12-3-1-2-4-12/h11-12H,1-10H2. The Morgan fingerprint density at radius 3 is 2.33 bits per heavy atom. The molecule has 0 bridgehead atoms. The monoisotopic (exact) mass is 325 g/mol. The van der Waals surface area contributed by atoms with Crippen molar-refractivity contribution in [2.24, 2.45) is 0 Å². The van der Waals surface area contributed by atoms with Crippen molar-refractivity contribution >= 4 is 17.7 Å². The van der Waals surface area contributed by atoms with Gasteiger partial charge in [0.15, 0.2) is 0 Å². The average molecular weight is 325 g/mol. The van der Waals surface area contributed by atoms with Crippen LogP contribution in [0.2, 0.25) is 0 Å². The van der Waals surface area contributed by atoms with Gasteiger partial charge in [-0.2, -0.15) is 13.2 Å². The van der Waals surface area contributed by atoms with E-state index in [1.165, 1.54) is 11.8 Å². The number of amides is 1. The van der Waals surface area contributed by atoms with Gasteiger partial charge in [-0.05, 0) is 25.7 Å². The molecule has 0 spiro atoms. The Morgan fingerprint density at radius 2 is 1.76 bits per heavy atom. The summed E-state index contributed by atoms with van der Waals surface area (Å²) in [6, 6.07) is -0.336. The van der Waals surface area contributed by atoms with Crippen molar-refractivity contribution in [3.05, 3.63) is 0 Å². The molecule has 0 N–H and O–H groups in total. The van der Waals surface area contributed by atoms with Gasteiger partial charge in [-0.25, -0.2) is 0 Å². The second-order valence-corrected chi connectivity index (χ2v) is 6.99. The maximum atomic E-state index is 12.7. The molecule has 1 aliphatic heterocycles. The molecule has 7 heteroatoms. The fraction of sp³-hybridized carbons (Fsp3) is 0.929. The molecule has 1 heterocycles. The molecular weight excluding hydrogens is 303 g/mol. The molecule has 3 nitrogen and oxygen atoms in total. The Bertz CT molecular complexity index is 340. The first-order chi connectivity index (χ1) is 9.96. The third-order valence-electron chi connectivity index (χ3n) is 4.05. The molecule has 2 aliphatic rings. The van der Waals surface area contributed by atoms with Gasteiger partial charge in [0.25, 0.3) is 0 Å². The average Bonchev–Trinajstić information content (AvgIpc) is 2.95. The SMILES string of the molecule is O=C(CSC1CCCC1)N(CC(F)(F)F)C1CCOCC1. The quantitative estimate of drug-likeness (QED) is 0.777. The van der Waals surface area contributed by atoms with Crippen molar-refractivity contribution in [1.82, 2.24) is 4.90 Å². The van der Waals surface area contributed by atoms with E-state index < -0.39 is 12.7 Å². The summed E-state index contributed by atoms with van der Waals surface area (Å²) in [5.41, 5.74) is 0. The summed E-state index contributed by atoms with van der Waals surface area (Å²) in [4.78, 5) is 13.3. The highest BCUT2D eigenvalue weighted by Gasteiger charge is 2.37. The van der Waals surface area contributed by atoms with E-state index >= 15 is 0 Å². The van der Waals surface area contributed by atoms with E-state index in [1.54, 1.807) is 0 Å². The second kappa shape index (κ2) is 7.72. The highest BCUT2D eigenvalue weighted by molar-refractivity contribution is 8.00. The lowest BCUT2D eigenvalue weighted by molar-refractivity contribution is -0.167. The number of thioether (sulfide) groups is 1. The summed E-state index contributed by atoms with van der Waals surface area (Å²) < 4.78 is 43.4. The van der Waals surface area contributed by atoms with Crippen LogP contribution in [0.5, 0.6) is 0 Å². The molecule has 2 rings (SSSR count). The largest absolute Gasteiger partial charge is 0.406 e. The number of ether oxygens (including phenoxy) is 1. The Kier molecular flexibility index (Phi) is 6.22. The first-order valence-electron chi connectivity index (χ1n) is 7.51. The van der Waals surface area contributed by atoms with Crippen molar-refractivity contribution < 1.29 is 22.7 Å². The maximum Gasteiger partial charge on any atom is 0.406 e. The van der Waals surface area contributed by atoms with Gasteiger partial charge >= 0.3 is 6.18 Å². The first-order valence-corrected chi connectivity index (χ1v) is 8.56. The number of carbonyl (C=O) groups excluding carboxylic acids is 1. The molecule has 2 fully saturated rings. The zero-order valence-corrected chi connectivity index (χ0v) is 12.8. The Balaban J connectivity index is 1.90. The number of hydrogen-bond donors (Lipinski definition) is 0. The number of rotatable bonds is 5. The van der Waals surface area contributed by atoms with Gasteiger partial charge < -0.3 is 9.64 Å². The summed E-state index contributed by atoms with van der Waals surface area (Å²) in [5.74, 6) is -0.214. The van der Waals surface area contributed by atoms with Gasteiger partial charge in [0.05, 0.1) is 5.75 Å². The molecular formula is C14H22F3NO2S. The highest BCUT2D eigenvalue weighted by atomic mass is 32.2. The van der Waals surface area contributed by atoms with Crippen LogP contribution in [0, 0.1) is 0 Å². The van der Waals surface area contributed by atoms with Crippen LogP contribution in [-0.2, 0) is 9.53 Å². The molecule has 0 unspecified atom stereocenters. The summed E-state index contributed by atoms with van der Waals surface area (Å²) in [6.07, 6.45) is 1.14. The number of nitrogens with zero attached hydrogens (tertiary/aromatic N) is 1. The van der Waals surface area contributed by atoms with Crippen LogP contribution in [-0.4, -0.2) is 53.8 Å². The normalized spacial score (nSPS) is 21.7. The summed E-state index contributed by atoms with van der Waals surface area (Å²) >= 11 is 1.52. The molecule has 122 valence electrons. The lowest BCUT2D eigenvalue weighted by Gasteiger charge is -2.35. The number of halogens is 3. The van der Waals surface area contributed by atoms with Crippen LogP contribution in [0.15, 0.2) is 0 Å². The molecule has 0 aromatic rings. The van der Waals surface area contributed by atoms with Crippen LogP contribution in [0.4, 0.5) is 13.2 Å². The van der Waals surface area contributed by atoms with Crippen molar-refractivity contribution in [3.8, 4) is 0 Å². The minimum atomic E-state index is -4.34. The number of alkyl halides is 3. The lowest BCUT2D eigenvalue weighted by atomic mass is 10.1.